The Balaban J connectivity index is 2.26. The second-order valence-electron chi connectivity index (χ2n) is 2.95. The van der Waals surface area contributed by atoms with E-state index in [9.17, 15) is 5.11 Å². The predicted octanol–water partition coefficient (Wildman–Crippen LogP) is 1.46. The summed E-state index contributed by atoms with van der Waals surface area (Å²) in [5, 5.41) is 9.34. The Morgan fingerprint density at radius 3 is 2.60 bits per heavy atom. The molecule has 0 bridgehead atoms. The van der Waals surface area contributed by atoms with Gasteiger partial charge in [0.25, 0.3) is 0 Å². The maximum absolute atomic E-state index is 9.34. The molecule has 0 saturated heterocycles. The Morgan fingerprint density at radius 2 is 2.10 bits per heavy atom. The van der Waals surface area contributed by atoms with E-state index in [4.69, 9.17) is 6.57 Å². The Hall–Kier alpha value is -0.550. The fourth-order valence-corrected chi connectivity index (χ4v) is 1.58. The van der Waals surface area contributed by atoms with Gasteiger partial charge in [-0.25, -0.2) is 6.57 Å². The summed E-state index contributed by atoms with van der Waals surface area (Å²) in [6.07, 6.45) is 4.37. The van der Waals surface area contributed by atoms with E-state index in [2.05, 4.69) is 4.85 Å². The number of aliphatic hydroxyl groups excluding tert-OH is 1. The summed E-state index contributed by atoms with van der Waals surface area (Å²) < 4.78 is 0. The molecular weight excluding hydrogens is 126 g/mol. The molecule has 0 aromatic carbocycles. The van der Waals surface area contributed by atoms with Crippen molar-refractivity contribution in [3.8, 4) is 0 Å². The van der Waals surface area contributed by atoms with Gasteiger partial charge in [0, 0.05) is 0 Å². The average molecular weight is 139 g/mol. The Morgan fingerprint density at radius 1 is 1.50 bits per heavy atom. The summed E-state index contributed by atoms with van der Waals surface area (Å²) in [7, 11) is 0. The molecule has 1 atom stereocenters. The molecule has 0 spiro atoms. The number of hydrogen-bond donors (Lipinski definition) is 1. The van der Waals surface area contributed by atoms with Crippen LogP contribution in [0.1, 0.15) is 25.7 Å². The summed E-state index contributed by atoms with van der Waals surface area (Å²) in [6.45, 7) is 6.86. The van der Waals surface area contributed by atoms with Crippen LogP contribution in [-0.2, 0) is 0 Å². The van der Waals surface area contributed by atoms with Crippen LogP contribution in [0.15, 0.2) is 0 Å². The van der Waals surface area contributed by atoms with Gasteiger partial charge < -0.3 is 9.95 Å². The fraction of sp³-hybridized carbons (Fsp3) is 0.875. The number of rotatable bonds is 2. The molecule has 1 fully saturated rings. The van der Waals surface area contributed by atoms with Crippen molar-refractivity contribution in [1.82, 2.24) is 0 Å². The highest BCUT2D eigenvalue weighted by Crippen LogP contribution is 2.27. The normalized spacial score (nSPS) is 22.4. The Kier molecular flexibility index (Phi) is 2.70. The minimum atomic E-state index is -0.347. The first-order chi connectivity index (χ1) is 4.84. The summed E-state index contributed by atoms with van der Waals surface area (Å²) in [5.41, 5.74) is 0. The number of nitrogens with zero attached hydrogens (tertiary/aromatic N) is 1. The molecule has 1 saturated carbocycles. The number of hydrogen-bond acceptors (Lipinski definition) is 1. The lowest BCUT2D eigenvalue weighted by Crippen LogP contribution is -2.19. The molecule has 56 valence electrons. The quantitative estimate of drug-likeness (QED) is 0.575. The minimum Gasteiger partial charge on any atom is -0.385 e. The second-order valence-corrected chi connectivity index (χ2v) is 2.95. The topological polar surface area (TPSA) is 24.6 Å². The van der Waals surface area contributed by atoms with E-state index in [1.165, 1.54) is 12.8 Å². The van der Waals surface area contributed by atoms with Gasteiger partial charge in [-0.1, -0.05) is 12.8 Å². The van der Waals surface area contributed by atoms with Crippen LogP contribution in [0.25, 0.3) is 4.85 Å². The Bertz CT molecular complexity index is 133. The van der Waals surface area contributed by atoms with E-state index in [1.807, 2.05) is 0 Å². The third-order valence-corrected chi connectivity index (χ3v) is 2.22. The first-order valence-corrected chi connectivity index (χ1v) is 3.86. The molecule has 0 radical (unpaired) electrons. The molecule has 1 rings (SSSR count). The standard InChI is InChI=1S/C8H13NO/c1-9-6-8(10)7-4-2-3-5-7/h7-8,10H,2-6H2/t8-/m1/s1. The van der Waals surface area contributed by atoms with Crippen molar-refractivity contribution in [3.05, 3.63) is 11.4 Å². The molecule has 0 aromatic heterocycles. The highest BCUT2D eigenvalue weighted by Gasteiger charge is 2.24. The molecule has 0 heterocycles. The van der Waals surface area contributed by atoms with Gasteiger partial charge in [-0.05, 0) is 18.8 Å². The van der Waals surface area contributed by atoms with Crippen molar-refractivity contribution in [2.75, 3.05) is 6.54 Å². The fourth-order valence-electron chi connectivity index (χ4n) is 1.58. The molecule has 1 N–H and O–H groups in total. The molecule has 0 amide bonds. The van der Waals surface area contributed by atoms with Crippen LogP contribution in [0.4, 0.5) is 0 Å². The third-order valence-electron chi connectivity index (χ3n) is 2.22. The smallest absolute Gasteiger partial charge is 0.240 e. The maximum Gasteiger partial charge on any atom is 0.240 e. The molecule has 0 aromatic rings. The zero-order valence-electron chi connectivity index (χ0n) is 6.08. The van der Waals surface area contributed by atoms with Crippen molar-refractivity contribution in [1.29, 1.82) is 0 Å². The molecule has 10 heavy (non-hydrogen) atoms. The molecule has 2 heteroatoms. The van der Waals surface area contributed by atoms with Gasteiger partial charge in [0.15, 0.2) is 0 Å². The first kappa shape index (κ1) is 7.56. The SMILES string of the molecule is [C-]#[N+]C[C@@H](O)C1CCCC1. The third kappa shape index (κ3) is 1.71. The molecular formula is C8H13NO. The van der Waals surface area contributed by atoms with Gasteiger partial charge in [0.05, 0.1) is 0 Å². The van der Waals surface area contributed by atoms with Crippen LogP contribution in [0.3, 0.4) is 0 Å². The average Bonchev–Trinajstić information content (AvgIpc) is 2.38. The van der Waals surface area contributed by atoms with E-state index in [0.717, 1.165) is 12.8 Å². The Labute approximate surface area is 61.7 Å². The van der Waals surface area contributed by atoms with Crippen LogP contribution >= 0.6 is 0 Å². The monoisotopic (exact) mass is 139 g/mol. The van der Waals surface area contributed by atoms with E-state index < -0.39 is 0 Å². The zero-order chi connectivity index (χ0) is 7.40. The lowest BCUT2D eigenvalue weighted by atomic mass is 10.0. The van der Waals surface area contributed by atoms with Crippen LogP contribution in [0.5, 0.6) is 0 Å². The van der Waals surface area contributed by atoms with Gasteiger partial charge in [0.2, 0.25) is 6.54 Å². The van der Waals surface area contributed by atoms with Crippen LogP contribution in [-0.4, -0.2) is 17.8 Å². The van der Waals surface area contributed by atoms with Crippen molar-refractivity contribution < 1.29 is 5.11 Å². The molecule has 2 nitrogen and oxygen atoms in total. The first-order valence-electron chi connectivity index (χ1n) is 3.86. The maximum atomic E-state index is 9.34. The van der Waals surface area contributed by atoms with Crippen molar-refractivity contribution in [3.63, 3.8) is 0 Å². The molecule has 0 unspecified atom stereocenters. The van der Waals surface area contributed by atoms with Gasteiger partial charge in [-0.2, -0.15) is 0 Å². The lowest BCUT2D eigenvalue weighted by Gasteiger charge is -2.10. The van der Waals surface area contributed by atoms with E-state index in [1.54, 1.807) is 0 Å². The van der Waals surface area contributed by atoms with Gasteiger partial charge in [0.1, 0.15) is 6.10 Å². The lowest BCUT2D eigenvalue weighted by molar-refractivity contribution is 0.126. The molecule has 1 aliphatic carbocycles. The van der Waals surface area contributed by atoms with E-state index in [0.29, 0.717) is 12.5 Å². The summed E-state index contributed by atoms with van der Waals surface area (Å²) in [6, 6.07) is 0. The van der Waals surface area contributed by atoms with E-state index in [-0.39, 0.29) is 6.10 Å². The minimum absolute atomic E-state index is 0.296. The van der Waals surface area contributed by atoms with Crippen LogP contribution < -0.4 is 0 Å². The van der Waals surface area contributed by atoms with Gasteiger partial charge in [-0.15, -0.1) is 0 Å². The summed E-state index contributed by atoms with van der Waals surface area (Å²) >= 11 is 0. The van der Waals surface area contributed by atoms with Crippen molar-refractivity contribution in [2.24, 2.45) is 5.92 Å². The van der Waals surface area contributed by atoms with Gasteiger partial charge >= 0.3 is 0 Å². The van der Waals surface area contributed by atoms with Crippen LogP contribution in [0, 0.1) is 12.5 Å². The highest BCUT2D eigenvalue weighted by molar-refractivity contribution is 4.79. The van der Waals surface area contributed by atoms with Crippen LogP contribution in [0.2, 0.25) is 0 Å². The predicted molar refractivity (Wildman–Crippen MR) is 39.4 cm³/mol. The molecule has 0 aliphatic heterocycles. The van der Waals surface area contributed by atoms with E-state index >= 15 is 0 Å². The van der Waals surface area contributed by atoms with Gasteiger partial charge in [-0.3, -0.25) is 0 Å². The van der Waals surface area contributed by atoms with Crippen molar-refractivity contribution in [2.45, 2.75) is 31.8 Å². The number of aliphatic hydroxyl groups is 1. The molecule has 1 aliphatic rings. The van der Waals surface area contributed by atoms with Crippen molar-refractivity contribution >= 4 is 0 Å². The highest BCUT2D eigenvalue weighted by atomic mass is 16.3. The zero-order valence-corrected chi connectivity index (χ0v) is 6.08. The largest absolute Gasteiger partial charge is 0.385 e. The second kappa shape index (κ2) is 3.58. The summed E-state index contributed by atoms with van der Waals surface area (Å²) in [4.78, 5) is 3.18. The summed E-state index contributed by atoms with van der Waals surface area (Å²) in [5.74, 6) is 0.425.